The first-order valence-electron chi connectivity index (χ1n) is 4.21. The van der Waals surface area contributed by atoms with Crippen molar-refractivity contribution in [3.63, 3.8) is 0 Å². The Morgan fingerprint density at radius 3 is 2.85 bits per heavy atom. The molecule has 0 bridgehead atoms. The van der Waals surface area contributed by atoms with Gasteiger partial charge in [0, 0.05) is 18.0 Å². The highest BCUT2D eigenvalue weighted by atomic mass is 14.7. The van der Waals surface area contributed by atoms with Crippen molar-refractivity contribution in [2.75, 3.05) is 0 Å². The third kappa shape index (κ3) is 1.45. The molecule has 63 valence electrons. The van der Waals surface area contributed by atoms with E-state index in [4.69, 9.17) is 0 Å². The molecule has 0 aliphatic rings. The Bertz CT molecular complexity index is 427. The maximum atomic E-state index is 4.27. The van der Waals surface area contributed by atoms with Gasteiger partial charge in [0.2, 0.25) is 0 Å². The minimum absolute atomic E-state index is 0.980. The average Bonchev–Trinajstić information content (AvgIpc) is 2.19. The molecule has 2 aromatic rings. The van der Waals surface area contributed by atoms with Crippen LogP contribution in [0.15, 0.2) is 49.2 Å². The van der Waals surface area contributed by atoms with Gasteiger partial charge in [-0.05, 0) is 11.5 Å². The zero-order valence-electron chi connectivity index (χ0n) is 7.27. The highest BCUT2D eigenvalue weighted by Gasteiger charge is 1.98. The first kappa shape index (κ1) is 7.99. The van der Waals surface area contributed by atoms with Gasteiger partial charge >= 0.3 is 0 Å². The Morgan fingerprint density at radius 2 is 2.00 bits per heavy atom. The van der Waals surface area contributed by atoms with Gasteiger partial charge in [-0.15, -0.1) is 6.58 Å². The predicted octanol–water partition coefficient (Wildman–Crippen LogP) is 2.97. The van der Waals surface area contributed by atoms with Gasteiger partial charge in [-0.1, -0.05) is 30.3 Å². The van der Waals surface area contributed by atoms with E-state index in [1.807, 2.05) is 30.8 Å². The normalized spacial score (nSPS) is 10.2. The molecule has 1 heterocycles. The number of nitrogens with zero attached hydrogens (tertiary/aromatic N) is 1. The summed E-state index contributed by atoms with van der Waals surface area (Å²) in [5.41, 5.74) is 0.980. The van der Waals surface area contributed by atoms with Gasteiger partial charge in [-0.3, -0.25) is 4.98 Å². The lowest BCUT2D eigenvalue weighted by atomic mass is 10.1. The molecule has 0 saturated heterocycles. The molecule has 2 rings (SSSR count). The van der Waals surface area contributed by atoms with E-state index in [1.165, 1.54) is 10.8 Å². The minimum Gasteiger partial charge on any atom is -0.260 e. The van der Waals surface area contributed by atoms with Crippen molar-refractivity contribution in [1.29, 1.82) is 0 Å². The molecule has 1 radical (unpaired) electrons. The third-order valence-electron chi connectivity index (χ3n) is 1.98. The van der Waals surface area contributed by atoms with Gasteiger partial charge in [0.15, 0.2) is 0 Å². The summed E-state index contributed by atoms with van der Waals surface area (Å²) < 4.78 is 0. The second-order valence-electron chi connectivity index (χ2n) is 2.82. The largest absolute Gasteiger partial charge is 0.260 e. The second kappa shape index (κ2) is 3.40. The standard InChI is InChI=1S/C12H10N/c1-2-5-12-11-7-4-3-6-10(11)8-9-13-12/h2-9H,1H2. The second-order valence-corrected chi connectivity index (χ2v) is 2.82. The molecule has 1 heteroatoms. The number of rotatable bonds is 2. The molecular weight excluding hydrogens is 158 g/mol. The van der Waals surface area contributed by atoms with Crippen molar-refractivity contribution in [2.24, 2.45) is 0 Å². The van der Waals surface area contributed by atoms with Crippen molar-refractivity contribution in [3.8, 4) is 0 Å². The lowest BCUT2D eigenvalue weighted by Crippen LogP contribution is -1.86. The summed E-state index contributed by atoms with van der Waals surface area (Å²) >= 11 is 0. The fourth-order valence-corrected chi connectivity index (χ4v) is 1.39. The van der Waals surface area contributed by atoms with Crippen LogP contribution in [-0.2, 0) is 0 Å². The van der Waals surface area contributed by atoms with E-state index in [-0.39, 0.29) is 0 Å². The molecule has 1 aromatic heterocycles. The van der Waals surface area contributed by atoms with Gasteiger partial charge < -0.3 is 0 Å². The molecule has 0 saturated carbocycles. The molecule has 1 nitrogen and oxygen atoms in total. The monoisotopic (exact) mass is 168 g/mol. The van der Waals surface area contributed by atoms with Crippen LogP contribution in [-0.4, -0.2) is 4.98 Å². The molecule has 0 atom stereocenters. The Kier molecular flexibility index (Phi) is 2.09. The van der Waals surface area contributed by atoms with Crippen LogP contribution in [0.3, 0.4) is 0 Å². The number of hydrogen-bond acceptors (Lipinski definition) is 1. The fraction of sp³-hybridized carbons (Fsp3) is 0. The molecule has 0 aliphatic carbocycles. The van der Waals surface area contributed by atoms with Gasteiger partial charge in [0.1, 0.15) is 0 Å². The molecular formula is C12H10N. The number of fused-ring (bicyclic) bond motifs is 1. The van der Waals surface area contributed by atoms with Crippen molar-refractivity contribution in [2.45, 2.75) is 0 Å². The van der Waals surface area contributed by atoms with Crippen LogP contribution in [0.1, 0.15) is 5.69 Å². The number of allylic oxidation sites excluding steroid dienone is 1. The quantitative estimate of drug-likeness (QED) is 0.671. The van der Waals surface area contributed by atoms with Crippen LogP contribution in [0, 0.1) is 6.42 Å². The Balaban J connectivity index is 2.68. The van der Waals surface area contributed by atoms with E-state index in [0.29, 0.717) is 0 Å². The minimum atomic E-state index is 0.980. The maximum absolute atomic E-state index is 4.27. The van der Waals surface area contributed by atoms with Crippen molar-refractivity contribution in [1.82, 2.24) is 4.98 Å². The van der Waals surface area contributed by atoms with Crippen LogP contribution in [0.25, 0.3) is 10.8 Å². The number of hydrogen-bond donors (Lipinski definition) is 0. The molecule has 0 spiro atoms. The summed E-state index contributed by atoms with van der Waals surface area (Å²) in [5, 5.41) is 2.38. The SMILES string of the molecule is C=C[CH]c1nccc2ccccc12. The number of benzene rings is 1. The summed E-state index contributed by atoms with van der Waals surface area (Å²) in [6.45, 7) is 3.67. The van der Waals surface area contributed by atoms with Crippen LogP contribution in [0.5, 0.6) is 0 Å². The van der Waals surface area contributed by atoms with Gasteiger partial charge in [0.25, 0.3) is 0 Å². The predicted molar refractivity (Wildman–Crippen MR) is 55.3 cm³/mol. The molecule has 1 aromatic carbocycles. The lowest BCUT2D eigenvalue weighted by Gasteiger charge is -2.01. The van der Waals surface area contributed by atoms with Crippen molar-refractivity contribution < 1.29 is 0 Å². The Hall–Kier alpha value is -1.63. The summed E-state index contributed by atoms with van der Waals surface area (Å²) in [6.07, 6.45) is 5.49. The zero-order valence-corrected chi connectivity index (χ0v) is 7.27. The highest BCUT2D eigenvalue weighted by Crippen LogP contribution is 2.17. The lowest BCUT2D eigenvalue weighted by molar-refractivity contribution is 1.27. The van der Waals surface area contributed by atoms with Crippen LogP contribution < -0.4 is 0 Å². The fourth-order valence-electron chi connectivity index (χ4n) is 1.39. The van der Waals surface area contributed by atoms with E-state index in [2.05, 4.69) is 23.7 Å². The van der Waals surface area contributed by atoms with E-state index in [0.717, 1.165) is 5.69 Å². The molecule has 0 amide bonds. The molecule has 0 unspecified atom stereocenters. The van der Waals surface area contributed by atoms with E-state index in [1.54, 1.807) is 6.08 Å². The zero-order chi connectivity index (χ0) is 9.10. The summed E-state index contributed by atoms with van der Waals surface area (Å²) in [4.78, 5) is 4.27. The Labute approximate surface area is 77.7 Å². The van der Waals surface area contributed by atoms with Crippen molar-refractivity contribution >= 4 is 10.8 Å². The topological polar surface area (TPSA) is 12.9 Å². The van der Waals surface area contributed by atoms with E-state index < -0.39 is 0 Å². The van der Waals surface area contributed by atoms with Gasteiger partial charge in [-0.25, -0.2) is 0 Å². The first-order valence-corrected chi connectivity index (χ1v) is 4.21. The number of aromatic nitrogens is 1. The molecule has 0 fully saturated rings. The van der Waals surface area contributed by atoms with E-state index >= 15 is 0 Å². The Morgan fingerprint density at radius 1 is 1.15 bits per heavy atom. The van der Waals surface area contributed by atoms with E-state index in [9.17, 15) is 0 Å². The maximum Gasteiger partial charge on any atom is 0.0560 e. The van der Waals surface area contributed by atoms with Gasteiger partial charge in [0.05, 0.1) is 5.69 Å². The smallest absolute Gasteiger partial charge is 0.0560 e. The highest BCUT2D eigenvalue weighted by molar-refractivity contribution is 5.85. The average molecular weight is 168 g/mol. The third-order valence-corrected chi connectivity index (χ3v) is 1.98. The molecule has 13 heavy (non-hydrogen) atoms. The summed E-state index contributed by atoms with van der Waals surface area (Å²) in [6, 6.07) is 10.2. The van der Waals surface area contributed by atoms with Gasteiger partial charge in [-0.2, -0.15) is 0 Å². The summed E-state index contributed by atoms with van der Waals surface area (Å²) in [5.74, 6) is 0. The van der Waals surface area contributed by atoms with Crippen LogP contribution in [0.2, 0.25) is 0 Å². The summed E-state index contributed by atoms with van der Waals surface area (Å²) in [7, 11) is 0. The first-order chi connectivity index (χ1) is 6.42. The molecule has 0 N–H and O–H groups in total. The van der Waals surface area contributed by atoms with Crippen molar-refractivity contribution in [3.05, 3.63) is 61.3 Å². The molecule has 0 aliphatic heterocycles. The van der Waals surface area contributed by atoms with Crippen LogP contribution >= 0.6 is 0 Å². The number of pyridine rings is 1. The van der Waals surface area contributed by atoms with Crippen LogP contribution in [0.4, 0.5) is 0 Å².